The normalized spacial score (nSPS) is 16.2. The lowest BCUT2D eigenvalue weighted by Gasteiger charge is -2.34. The Kier molecular flexibility index (Phi) is 6.02. The Balaban J connectivity index is 2.00. The molecule has 29 heavy (non-hydrogen) atoms. The Hall–Kier alpha value is -3.54. The van der Waals surface area contributed by atoms with Crippen molar-refractivity contribution in [3.8, 4) is 17.6 Å². The first-order chi connectivity index (χ1) is 14.0. The number of benzene rings is 1. The molecule has 3 rings (SSSR count). The Morgan fingerprint density at radius 3 is 2.72 bits per heavy atom. The van der Waals surface area contributed by atoms with Crippen molar-refractivity contribution in [1.29, 1.82) is 5.26 Å². The first kappa shape index (κ1) is 20.2. The fraction of sp³-hybridized carbons (Fsp3) is 0.400. The van der Waals surface area contributed by atoms with Gasteiger partial charge in [-0.05, 0) is 18.9 Å². The number of hydrogen-bond donors (Lipinski definition) is 2. The standard InChI is InChI=1S/C20H23N5O4/c1-28-16-8-13-15(9-17(16)29-2)23-10-14(20(22)27)19(13)24-12-4-3-7-25(11-12)18(26)5-6-21/h8-10,12H,3-5,7,11H2,1-2H3,(H2,22,27)(H,23,24)/t12-/m0/s1. The molecule has 9 heteroatoms. The molecular weight excluding hydrogens is 374 g/mol. The highest BCUT2D eigenvalue weighted by atomic mass is 16.5. The zero-order chi connectivity index (χ0) is 21.0. The maximum atomic E-state index is 12.1. The number of ether oxygens (including phenoxy) is 2. The molecule has 3 N–H and O–H groups in total. The van der Waals surface area contributed by atoms with Crippen LogP contribution in [-0.4, -0.2) is 55.0 Å². The van der Waals surface area contributed by atoms with Gasteiger partial charge in [-0.15, -0.1) is 0 Å². The van der Waals surface area contributed by atoms with E-state index in [1.54, 1.807) is 17.0 Å². The predicted octanol–water partition coefficient (Wildman–Crippen LogP) is 1.67. The summed E-state index contributed by atoms with van der Waals surface area (Å²) in [6.45, 7) is 1.05. The number of piperidine rings is 1. The molecule has 1 fully saturated rings. The van der Waals surface area contributed by atoms with Gasteiger partial charge in [-0.1, -0.05) is 0 Å². The number of carbonyl (C=O) groups excluding carboxylic acids is 2. The van der Waals surface area contributed by atoms with Crippen molar-refractivity contribution >= 4 is 28.4 Å². The molecule has 152 valence electrons. The number of nitriles is 1. The van der Waals surface area contributed by atoms with Crippen LogP contribution in [0, 0.1) is 11.3 Å². The van der Waals surface area contributed by atoms with E-state index in [2.05, 4.69) is 10.3 Å². The molecule has 0 aliphatic carbocycles. The van der Waals surface area contributed by atoms with Gasteiger partial charge in [-0.25, -0.2) is 0 Å². The van der Waals surface area contributed by atoms with Gasteiger partial charge in [-0.3, -0.25) is 14.6 Å². The number of fused-ring (bicyclic) bond motifs is 1. The van der Waals surface area contributed by atoms with Crippen molar-refractivity contribution in [1.82, 2.24) is 9.88 Å². The van der Waals surface area contributed by atoms with E-state index in [9.17, 15) is 9.59 Å². The zero-order valence-electron chi connectivity index (χ0n) is 16.4. The molecule has 2 heterocycles. The van der Waals surface area contributed by atoms with Gasteiger partial charge in [0, 0.05) is 36.8 Å². The number of likely N-dealkylation sites (tertiary alicyclic amines) is 1. The molecule has 1 aliphatic rings. The number of anilines is 1. The minimum absolute atomic E-state index is 0.0943. The molecule has 2 aromatic rings. The third-order valence-corrected chi connectivity index (χ3v) is 4.99. The molecule has 0 bridgehead atoms. The summed E-state index contributed by atoms with van der Waals surface area (Å²) in [5.41, 5.74) is 6.99. The van der Waals surface area contributed by atoms with Gasteiger partial charge >= 0.3 is 0 Å². The van der Waals surface area contributed by atoms with Gasteiger partial charge in [0.25, 0.3) is 5.91 Å². The maximum Gasteiger partial charge on any atom is 0.252 e. The lowest BCUT2D eigenvalue weighted by molar-refractivity contribution is -0.131. The molecule has 1 aromatic heterocycles. The van der Waals surface area contributed by atoms with E-state index in [1.807, 2.05) is 6.07 Å². The smallest absolute Gasteiger partial charge is 0.252 e. The number of amides is 2. The molecule has 0 saturated carbocycles. The summed E-state index contributed by atoms with van der Waals surface area (Å²) in [7, 11) is 3.07. The van der Waals surface area contributed by atoms with E-state index >= 15 is 0 Å². The Bertz CT molecular complexity index is 985. The van der Waals surface area contributed by atoms with Crippen molar-refractivity contribution in [2.24, 2.45) is 5.73 Å². The second kappa shape index (κ2) is 8.65. The number of rotatable bonds is 6. The quantitative estimate of drug-likeness (QED) is 0.758. The molecular formula is C20H23N5O4. The first-order valence-electron chi connectivity index (χ1n) is 9.24. The van der Waals surface area contributed by atoms with E-state index in [-0.39, 0.29) is 23.9 Å². The highest BCUT2D eigenvalue weighted by Crippen LogP contribution is 2.36. The molecule has 1 saturated heterocycles. The van der Waals surface area contributed by atoms with E-state index in [1.165, 1.54) is 20.4 Å². The lowest BCUT2D eigenvalue weighted by atomic mass is 10.0. The number of nitrogens with zero attached hydrogens (tertiary/aromatic N) is 3. The molecule has 2 amide bonds. The van der Waals surface area contributed by atoms with Crippen molar-refractivity contribution in [2.75, 3.05) is 32.6 Å². The van der Waals surface area contributed by atoms with Crippen LogP contribution in [0.25, 0.3) is 10.9 Å². The number of aromatic nitrogens is 1. The van der Waals surface area contributed by atoms with Crippen molar-refractivity contribution in [2.45, 2.75) is 25.3 Å². The van der Waals surface area contributed by atoms with Gasteiger partial charge in [0.05, 0.1) is 37.1 Å². The number of hydrogen-bond acceptors (Lipinski definition) is 7. The third-order valence-electron chi connectivity index (χ3n) is 4.99. The second-order valence-electron chi connectivity index (χ2n) is 6.79. The van der Waals surface area contributed by atoms with E-state index in [4.69, 9.17) is 20.5 Å². The van der Waals surface area contributed by atoms with E-state index in [0.29, 0.717) is 41.2 Å². The predicted molar refractivity (Wildman–Crippen MR) is 107 cm³/mol. The van der Waals surface area contributed by atoms with Gasteiger partial charge < -0.3 is 25.4 Å². The van der Waals surface area contributed by atoms with Crippen LogP contribution in [0.15, 0.2) is 18.3 Å². The molecule has 0 radical (unpaired) electrons. The highest BCUT2D eigenvalue weighted by molar-refractivity contribution is 6.07. The SMILES string of the molecule is COc1cc2ncc(C(N)=O)c(N[C@H]3CCCN(C(=O)CC#N)C3)c2cc1OC. The molecule has 1 atom stereocenters. The summed E-state index contributed by atoms with van der Waals surface area (Å²) in [6.07, 6.45) is 2.89. The topological polar surface area (TPSA) is 131 Å². The number of nitrogens with one attached hydrogen (secondary N) is 1. The summed E-state index contributed by atoms with van der Waals surface area (Å²) < 4.78 is 10.7. The fourth-order valence-corrected chi connectivity index (χ4v) is 3.57. The Morgan fingerprint density at radius 2 is 2.07 bits per heavy atom. The largest absolute Gasteiger partial charge is 0.493 e. The fourth-order valence-electron chi connectivity index (χ4n) is 3.57. The average molecular weight is 397 g/mol. The summed E-state index contributed by atoms with van der Waals surface area (Å²) in [6, 6.07) is 5.28. The van der Waals surface area contributed by atoms with Gasteiger partial charge in [0.15, 0.2) is 11.5 Å². The van der Waals surface area contributed by atoms with Gasteiger partial charge in [0.2, 0.25) is 5.91 Å². The minimum Gasteiger partial charge on any atom is -0.493 e. The summed E-state index contributed by atoms with van der Waals surface area (Å²) in [5.74, 6) is 0.224. The summed E-state index contributed by atoms with van der Waals surface area (Å²) in [4.78, 5) is 30.1. The zero-order valence-corrected chi connectivity index (χ0v) is 16.4. The van der Waals surface area contributed by atoms with Crippen LogP contribution in [0.3, 0.4) is 0 Å². The third kappa shape index (κ3) is 4.16. The molecule has 0 spiro atoms. The average Bonchev–Trinajstić information content (AvgIpc) is 2.73. The second-order valence-corrected chi connectivity index (χ2v) is 6.79. The van der Waals surface area contributed by atoms with Crippen LogP contribution in [0.5, 0.6) is 11.5 Å². The number of pyridine rings is 1. The van der Waals surface area contributed by atoms with Gasteiger partial charge in [0.1, 0.15) is 6.42 Å². The van der Waals surface area contributed by atoms with Crippen LogP contribution < -0.4 is 20.5 Å². The maximum absolute atomic E-state index is 12.1. The number of primary amides is 1. The molecule has 1 aromatic carbocycles. The Morgan fingerprint density at radius 1 is 1.34 bits per heavy atom. The monoisotopic (exact) mass is 397 g/mol. The molecule has 9 nitrogen and oxygen atoms in total. The van der Waals surface area contributed by atoms with Crippen molar-refractivity contribution in [3.63, 3.8) is 0 Å². The van der Waals surface area contributed by atoms with Crippen molar-refractivity contribution in [3.05, 3.63) is 23.9 Å². The number of nitrogens with two attached hydrogens (primary N) is 1. The molecule has 1 aliphatic heterocycles. The summed E-state index contributed by atoms with van der Waals surface area (Å²) >= 11 is 0. The highest BCUT2D eigenvalue weighted by Gasteiger charge is 2.25. The van der Waals surface area contributed by atoms with Crippen LogP contribution in [0.4, 0.5) is 5.69 Å². The van der Waals surface area contributed by atoms with E-state index in [0.717, 1.165) is 12.8 Å². The minimum atomic E-state index is -0.607. The number of methoxy groups -OCH3 is 2. The van der Waals surface area contributed by atoms with Crippen LogP contribution >= 0.6 is 0 Å². The van der Waals surface area contributed by atoms with Crippen LogP contribution in [0.2, 0.25) is 0 Å². The first-order valence-corrected chi connectivity index (χ1v) is 9.24. The molecule has 0 unspecified atom stereocenters. The van der Waals surface area contributed by atoms with Crippen LogP contribution in [0.1, 0.15) is 29.6 Å². The van der Waals surface area contributed by atoms with Gasteiger partial charge in [-0.2, -0.15) is 5.26 Å². The lowest BCUT2D eigenvalue weighted by Crippen LogP contribution is -2.45. The van der Waals surface area contributed by atoms with Crippen LogP contribution in [-0.2, 0) is 4.79 Å². The Labute approximate surface area is 168 Å². The van der Waals surface area contributed by atoms with E-state index < -0.39 is 5.91 Å². The van der Waals surface area contributed by atoms with Crippen molar-refractivity contribution < 1.29 is 19.1 Å². The summed E-state index contributed by atoms with van der Waals surface area (Å²) in [5, 5.41) is 12.8. The number of carbonyl (C=O) groups is 2.